The van der Waals surface area contributed by atoms with Crippen LogP contribution in [-0.2, 0) is 13.0 Å². The lowest BCUT2D eigenvalue weighted by atomic mass is 9.91. The molecule has 4 aromatic rings. The van der Waals surface area contributed by atoms with Crippen LogP contribution in [0.4, 0.5) is 4.39 Å². The molecule has 0 aliphatic carbocycles. The Morgan fingerprint density at radius 1 is 0.966 bits per heavy atom. The van der Waals surface area contributed by atoms with Crippen molar-refractivity contribution in [2.24, 2.45) is 5.92 Å². The third kappa shape index (κ3) is 4.03. The number of fused-ring (bicyclic) bond motifs is 2. The molecule has 1 aliphatic rings. The normalized spacial score (nSPS) is 16.0. The summed E-state index contributed by atoms with van der Waals surface area (Å²) in [7, 11) is 0. The summed E-state index contributed by atoms with van der Waals surface area (Å²) in [5.74, 6) is 0.439. The number of hydrogen-bond acceptors (Lipinski definition) is 3. The molecule has 29 heavy (non-hydrogen) atoms. The standard InChI is InChI=1S/C25H25FN2O/c26-22-8-9-23-24(27-29-25(23)16-22)10-6-18-11-13-28(14-12-18)17-19-5-7-20-3-1-2-4-21(20)15-19/h1-5,7-9,15-16,18H,6,10-14,17H2. The zero-order chi connectivity index (χ0) is 19.6. The van der Waals surface area contributed by atoms with E-state index in [1.165, 1.54) is 41.3 Å². The van der Waals surface area contributed by atoms with Gasteiger partial charge in [0, 0.05) is 18.0 Å². The number of benzene rings is 3. The molecule has 1 aromatic heterocycles. The van der Waals surface area contributed by atoms with E-state index in [2.05, 4.69) is 52.5 Å². The maximum atomic E-state index is 13.3. The third-order valence-corrected chi connectivity index (χ3v) is 6.23. The minimum absolute atomic E-state index is 0.279. The topological polar surface area (TPSA) is 29.3 Å². The first-order valence-electron chi connectivity index (χ1n) is 10.5. The fraction of sp³-hybridized carbons (Fsp3) is 0.320. The molecule has 0 amide bonds. The van der Waals surface area contributed by atoms with Gasteiger partial charge in [0.25, 0.3) is 0 Å². The van der Waals surface area contributed by atoms with Crippen molar-refractivity contribution < 1.29 is 8.91 Å². The molecule has 3 aromatic carbocycles. The molecular formula is C25H25FN2O. The molecule has 2 heterocycles. The number of aryl methyl sites for hydroxylation is 1. The van der Waals surface area contributed by atoms with Crippen LogP contribution in [0.5, 0.6) is 0 Å². The van der Waals surface area contributed by atoms with E-state index in [-0.39, 0.29) is 5.82 Å². The highest BCUT2D eigenvalue weighted by Crippen LogP contribution is 2.27. The second-order valence-electron chi connectivity index (χ2n) is 8.21. The van der Waals surface area contributed by atoms with Gasteiger partial charge in [-0.25, -0.2) is 4.39 Å². The van der Waals surface area contributed by atoms with E-state index in [4.69, 9.17) is 4.52 Å². The zero-order valence-corrected chi connectivity index (χ0v) is 16.5. The summed E-state index contributed by atoms with van der Waals surface area (Å²) < 4.78 is 18.6. The monoisotopic (exact) mass is 388 g/mol. The fourth-order valence-electron chi connectivity index (χ4n) is 4.51. The van der Waals surface area contributed by atoms with Crippen LogP contribution < -0.4 is 0 Å². The van der Waals surface area contributed by atoms with Crippen LogP contribution in [0.1, 0.15) is 30.5 Å². The molecule has 4 heteroatoms. The predicted molar refractivity (Wildman–Crippen MR) is 114 cm³/mol. The number of rotatable bonds is 5. The zero-order valence-electron chi connectivity index (χ0n) is 16.5. The van der Waals surface area contributed by atoms with Crippen LogP contribution in [0, 0.1) is 11.7 Å². The van der Waals surface area contributed by atoms with E-state index in [9.17, 15) is 4.39 Å². The molecule has 1 aliphatic heterocycles. The summed E-state index contributed by atoms with van der Waals surface area (Å²) >= 11 is 0. The average Bonchev–Trinajstić information content (AvgIpc) is 3.15. The van der Waals surface area contributed by atoms with Gasteiger partial charge in [0.2, 0.25) is 0 Å². The average molecular weight is 388 g/mol. The van der Waals surface area contributed by atoms with Gasteiger partial charge in [-0.05, 0) is 79.2 Å². The Kier molecular flexibility index (Phi) is 5.03. The van der Waals surface area contributed by atoms with Crippen LogP contribution >= 0.6 is 0 Å². The van der Waals surface area contributed by atoms with Crippen molar-refractivity contribution in [1.82, 2.24) is 10.1 Å². The van der Waals surface area contributed by atoms with Crippen molar-refractivity contribution in [3.63, 3.8) is 0 Å². The number of piperidine rings is 1. The first-order chi connectivity index (χ1) is 14.2. The van der Waals surface area contributed by atoms with Gasteiger partial charge in [-0.1, -0.05) is 41.6 Å². The highest BCUT2D eigenvalue weighted by Gasteiger charge is 2.20. The molecule has 0 saturated carbocycles. The third-order valence-electron chi connectivity index (χ3n) is 6.23. The first kappa shape index (κ1) is 18.3. The maximum absolute atomic E-state index is 13.3. The fourth-order valence-corrected chi connectivity index (χ4v) is 4.51. The quantitative estimate of drug-likeness (QED) is 0.422. The van der Waals surface area contributed by atoms with E-state index >= 15 is 0 Å². The van der Waals surface area contributed by atoms with Crippen molar-refractivity contribution in [3.05, 3.63) is 77.7 Å². The minimum Gasteiger partial charge on any atom is -0.356 e. The Labute approximate surface area is 170 Å². The summed E-state index contributed by atoms with van der Waals surface area (Å²) in [4.78, 5) is 2.56. The summed E-state index contributed by atoms with van der Waals surface area (Å²) in [6.45, 7) is 3.31. The van der Waals surface area contributed by atoms with E-state index in [0.717, 1.165) is 49.5 Å². The minimum atomic E-state index is -0.279. The largest absolute Gasteiger partial charge is 0.356 e. The SMILES string of the molecule is Fc1ccc2c(CCC3CCN(Cc4ccc5ccccc5c4)CC3)noc2c1. The Bertz CT molecular complexity index is 1130. The van der Waals surface area contributed by atoms with Gasteiger partial charge in [0.15, 0.2) is 5.58 Å². The molecule has 5 rings (SSSR count). The van der Waals surface area contributed by atoms with Crippen LogP contribution in [0.2, 0.25) is 0 Å². The molecule has 148 valence electrons. The molecule has 0 spiro atoms. The van der Waals surface area contributed by atoms with Gasteiger partial charge in [-0.3, -0.25) is 4.90 Å². The summed E-state index contributed by atoms with van der Waals surface area (Å²) in [5.41, 5.74) is 2.90. The maximum Gasteiger partial charge on any atom is 0.170 e. The molecule has 0 unspecified atom stereocenters. The van der Waals surface area contributed by atoms with Gasteiger partial charge < -0.3 is 4.52 Å². The molecule has 1 fully saturated rings. The molecule has 0 radical (unpaired) electrons. The Morgan fingerprint density at radius 2 is 1.79 bits per heavy atom. The highest BCUT2D eigenvalue weighted by atomic mass is 19.1. The Balaban J connectivity index is 1.15. The van der Waals surface area contributed by atoms with Crippen LogP contribution in [0.15, 0.2) is 65.2 Å². The molecular weight excluding hydrogens is 363 g/mol. The molecule has 3 nitrogen and oxygen atoms in total. The molecule has 0 N–H and O–H groups in total. The first-order valence-corrected chi connectivity index (χ1v) is 10.5. The smallest absolute Gasteiger partial charge is 0.170 e. The van der Waals surface area contributed by atoms with Crippen molar-refractivity contribution in [1.29, 1.82) is 0 Å². The molecule has 0 bridgehead atoms. The number of aromatic nitrogens is 1. The Morgan fingerprint density at radius 3 is 2.66 bits per heavy atom. The lowest BCUT2D eigenvalue weighted by molar-refractivity contribution is 0.172. The van der Waals surface area contributed by atoms with Crippen molar-refractivity contribution in [2.75, 3.05) is 13.1 Å². The van der Waals surface area contributed by atoms with Gasteiger partial charge in [0.05, 0.1) is 5.69 Å². The van der Waals surface area contributed by atoms with Gasteiger partial charge in [-0.2, -0.15) is 0 Å². The number of halogens is 1. The van der Waals surface area contributed by atoms with Gasteiger partial charge >= 0.3 is 0 Å². The van der Waals surface area contributed by atoms with Crippen LogP contribution in [0.3, 0.4) is 0 Å². The number of hydrogen-bond donors (Lipinski definition) is 0. The van der Waals surface area contributed by atoms with E-state index in [0.29, 0.717) is 5.58 Å². The van der Waals surface area contributed by atoms with E-state index < -0.39 is 0 Å². The number of likely N-dealkylation sites (tertiary alicyclic amines) is 1. The molecule has 1 saturated heterocycles. The predicted octanol–water partition coefficient (Wildman–Crippen LogP) is 5.96. The van der Waals surface area contributed by atoms with Gasteiger partial charge in [0.1, 0.15) is 5.82 Å². The Hall–Kier alpha value is -2.72. The second kappa shape index (κ2) is 7.96. The summed E-state index contributed by atoms with van der Waals surface area (Å²) in [6.07, 6.45) is 4.45. The lowest BCUT2D eigenvalue weighted by Crippen LogP contribution is -2.33. The number of nitrogens with zero attached hydrogens (tertiary/aromatic N) is 2. The lowest BCUT2D eigenvalue weighted by Gasteiger charge is -2.32. The molecule has 0 atom stereocenters. The highest BCUT2D eigenvalue weighted by molar-refractivity contribution is 5.83. The van der Waals surface area contributed by atoms with E-state index in [1.54, 1.807) is 6.07 Å². The van der Waals surface area contributed by atoms with Crippen LogP contribution in [0.25, 0.3) is 21.7 Å². The van der Waals surface area contributed by atoms with Crippen LogP contribution in [-0.4, -0.2) is 23.1 Å². The van der Waals surface area contributed by atoms with Gasteiger partial charge in [-0.15, -0.1) is 0 Å². The van der Waals surface area contributed by atoms with E-state index in [1.807, 2.05) is 0 Å². The van der Waals surface area contributed by atoms with Crippen molar-refractivity contribution >= 4 is 21.7 Å². The van der Waals surface area contributed by atoms with Crippen molar-refractivity contribution in [2.45, 2.75) is 32.2 Å². The summed E-state index contributed by atoms with van der Waals surface area (Å²) in [6, 6.07) is 20.0. The summed E-state index contributed by atoms with van der Waals surface area (Å²) in [5, 5.41) is 7.73. The van der Waals surface area contributed by atoms with Crippen molar-refractivity contribution in [3.8, 4) is 0 Å². The second-order valence-corrected chi connectivity index (χ2v) is 8.21.